The van der Waals surface area contributed by atoms with E-state index in [4.69, 9.17) is 14.3 Å². The third-order valence-electron chi connectivity index (χ3n) is 4.82. The number of hydrogen-bond acceptors (Lipinski definition) is 10. The minimum absolute atomic E-state index is 0.0269. The lowest BCUT2D eigenvalue weighted by molar-refractivity contribution is -0.190. The molecule has 1 fully saturated rings. The standard InChI is InChI=1S/C19H24N4O6S2/c1-5-6-29-22-15(14-9-30-10-20-14)16(25)21-19(27-4)17(26)23-11(2)13(7-28-12(3)24)8-31-18(19)23/h9-10,18H,5-8H2,1-4H3,(H,21,25)/t18-,19?/m1/s1. The molecule has 2 amide bonds. The zero-order valence-electron chi connectivity index (χ0n) is 17.7. The summed E-state index contributed by atoms with van der Waals surface area (Å²) in [5.74, 6) is -0.892. The average molecular weight is 469 g/mol. The lowest BCUT2D eigenvalue weighted by Crippen LogP contribution is -2.80. The molecular formula is C19H24N4O6S2. The highest BCUT2D eigenvalue weighted by Gasteiger charge is 2.65. The summed E-state index contributed by atoms with van der Waals surface area (Å²) in [5, 5.41) is 7.84. The van der Waals surface area contributed by atoms with E-state index in [-0.39, 0.29) is 18.3 Å². The number of nitrogens with zero attached hydrogens (tertiary/aromatic N) is 3. The molecule has 1 unspecified atom stereocenters. The molecule has 0 aromatic carbocycles. The van der Waals surface area contributed by atoms with Gasteiger partial charge in [0.15, 0.2) is 5.71 Å². The van der Waals surface area contributed by atoms with E-state index in [1.807, 2.05) is 6.92 Å². The van der Waals surface area contributed by atoms with E-state index in [1.165, 1.54) is 37.1 Å². The Labute approximate surface area is 188 Å². The fourth-order valence-corrected chi connectivity index (χ4v) is 5.22. The van der Waals surface area contributed by atoms with Crippen molar-refractivity contribution in [2.24, 2.45) is 5.16 Å². The highest BCUT2D eigenvalue weighted by atomic mass is 32.2. The molecule has 0 saturated carbocycles. The molecule has 1 saturated heterocycles. The fourth-order valence-electron chi connectivity index (χ4n) is 3.13. The van der Waals surface area contributed by atoms with Gasteiger partial charge >= 0.3 is 5.97 Å². The second kappa shape index (κ2) is 9.79. The molecule has 0 bridgehead atoms. The number of nitrogens with one attached hydrogen (secondary N) is 1. The van der Waals surface area contributed by atoms with Gasteiger partial charge in [-0.05, 0) is 18.9 Å². The Morgan fingerprint density at radius 1 is 1.45 bits per heavy atom. The summed E-state index contributed by atoms with van der Waals surface area (Å²) in [6.45, 7) is 5.50. The van der Waals surface area contributed by atoms with Gasteiger partial charge in [-0.2, -0.15) is 0 Å². The molecule has 2 aliphatic heterocycles. The molecule has 2 atom stereocenters. The Hall–Kier alpha value is -2.44. The molecule has 1 aromatic rings. The number of thiazole rings is 1. The van der Waals surface area contributed by atoms with Gasteiger partial charge in [-0.25, -0.2) is 4.98 Å². The van der Waals surface area contributed by atoms with Crippen LogP contribution in [0.1, 0.15) is 32.9 Å². The number of rotatable bonds is 9. The summed E-state index contributed by atoms with van der Waals surface area (Å²) in [7, 11) is 1.37. The third kappa shape index (κ3) is 4.46. The topological polar surface area (TPSA) is 119 Å². The third-order valence-corrected chi connectivity index (χ3v) is 6.78. The predicted octanol–water partition coefficient (Wildman–Crippen LogP) is 1.48. The highest BCUT2D eigenvalue weighted by Crippen LogP contribution is 2.46. The van der Waals surface area contributed by atoms with E-state index in [9.17, 15) is 14.4 Å². The number of ether oxygens (including phenoxy) is 2. The van der Waals surface area contributed by atoms with Crippen LogP contribution in [0.5, 0.6) is 0 Å². The summed E-state index contributed by atoms with van der Waals surface area (Å²) < 4.78 is 10.6. The van der Waals surface area contributed by atoms with Crippen LogP contribution < -0.4 is 5.32 Å². The van der Waals surface area contributed by atoms with Gasteiger partial charge in [0.05, 0.1) is 5.51 Å². The number of carbonyl (C=O) groups is 3. The van der Waals surface area contributed by atoms with Gasteiger partial charge in [0.1, 0.15) is 24.3 Å². The van der Waals surface area contributed by atoms with Crippen LogP contribution in [-0.4, -0.2) is 70.6 Å². The molecule has 31 heavy (non-hydrogen) atoms. The second-order valence-corrected chi connectivity index (χ2v) is 8.64. The van der Waals surface area contributed by atoms with Crippen LogP contribution in [0.4, 0.5) is 0 Å². The zero-order chi connectivity index (χ0) is 22.6. The minimum atomic E-state index is -1.54. The molecule has 3 rings (SSSR count). The maximum absolute atomic E-state index is 13.1. The van der Waals surface area contributed by atoms with E-state index in [2.05, 4.69) is 15.5 Å². The lowest BCUT2D eigenvalue weighted by Gasteiger charge is -2.56. The molecule has 0 radical (unpaired) electrons. The number of hydrogen-bond donors (Lipinski definition) is 1. The van der Waals surface area contributed by atoms with Gasteiger partial charge in [-0.1, -0.05) is 12.1 Å². The molecule has 10 nitrogen and oxygen atoms in total. The first kappa shape index (κ1) is 23.2. The normalized spacial score (nSPS) is 23.2. The lowest BCUT2D eigenvalue weighted by atomic mass is 9.98. The van der Waals surface area contributed by atoms with Crippen LogP contribution >= 0.6 is 23.1 Å². The largest absolute Gasteiger partial charge is 0.461 e. The summed E-state index contributed by atoms with van der Waals surface area (Å²) in [6, 6.07) is 0. The first-order valence-corrected chi connectivity index (χ1v) is 11.6. The van der Waals surface area contributed by atoms with E-state index in [1.54, 1.807) is 22.7 Å². The van der Waals surface area contributed by atoms with Gasteiger partial charge < -0.3 is 19.6 Å². The number of fused-ring (bicyclic) bond motifs is 1. The minimum Gasteiger partial charge on any atom is -0.461 e. The monoisotopic (exact) mass is 468 g/mol. The van der Waals surface area contributed by atoms with Crippen LogP contribution in [0.2, 0.25) is 0 Å². The number of aromatic nitrogens is 1. The van der Waals surface area contributed by atoms with Crippen molar-refractivity contribution >= 4 is 46.6 Å². The predicted molar refractivity (Wildman–Crippen MR) is 115 cm³/mol. The molecule has 2 aliphatic rings. The first-order valence-electron chi connectivity index (χ1n) is 9.59. The zero-order valence-corrected chi connectivity index (χ0v) is 19.3. The molecule has 12 heteroatoms. The van der Waals surface area contributed by atoms with Crippen LogP contribution in [-0.2, 0) is 28.7 Å². The maximum Gasteiger partial charge on any atom is 0.302 e. The number of carbonyl (C=O) groups excluding carboxylic acids is 3. The number of allylic oxidation sites excluding steroid dienone is 1. The van der Waals surface area contributed by atoms with Gasteiger partial charge in [0.25, 0.3) is 17.5 Å². The Kier molecular flexibility index (Phi) is 7.34. The van der Waals surface area contributed by atoms with Crippen LogP contribution in [0.3, 0.4) is 0 Å². The second-order valence-electron chi connectivity index (χ2n) is 6.85. The SMILES string of the molecule is CCCON=C(C(=O)NC1(OC)C(=O)N2C(C)=C(COC(C)=O)CS[C@@H]21)c1cscn1. The van der Waals surface area contributed by atoms with Gasteiger partial charge in [-0.3, -0.25) is 19.3 Å². The van der Waals surface area contributed by atoms with Gasteiger partial charge in [0.2, 0.25) is 0 Å². The maximum atomic E-state index is 13.1. The van der Waals surface area contributed by atoms with E-state index in [0.29, 0.717) is 23.8 Å². The number of β-lactam (4-membered cyclic amide) rings is 1. The van der Waals surface area contributed by atoms with Gasteiger partial charge in [-0.15, -0.1) is 23.1 Å². The van der Waals surface area contributed by atoms with Crippen LogP contribution in [0.25, 0.3) is 0 Å². The Balaban J connectivity index is 1.80. The van der Waals surface area contributed by atoms with Crippen molar-refractivity contribution in [3.8, 4) is 0 Å². The molecule has 168 valence electrons. The summed E-state index contributed by atoms with van der Waals surface area (Å²) in [6.07, 6.45) is 0.727. The van der Waals surface area contributed by atoms with Crippen molar-refractivity contribution in [1.29, 1.82) is 0 Å². The van der Waals surface area contributed by atoms with E-state index in [0.717, 1.165) is 12.0 Å². The Bertz CT molecular complexity index is 917. The van der Waals surface area contributed by atoms with Crippen molar-refractivity contribution in [2.45, 2.75) is 38.3 Å². The van der Waals surface area contributed by atoms with E-state index < -0.39 is 22.9 Å². The van der Waals surface area contributed by atoms with Crippen molar-refractivity contribution in [3.05, 3.63) is 27.9 Å². The van der Waals surface area contributed by atoms with Crippen molar-refractivity contribution < 1.29 is 28.7 Å². The number of esters is 1. The van der Waals surface area contributed by atoms with Crippen molar-refractivity contribution in [1.82, 2.24) is 15.2 Å². The molecule has 0 aliphatic carbocycles. The Morgan fingerprint density at radius 3 is 2.84 bits per heavy atom. The molecule has 1 aromatic heterocycles. The van der Waals surface area contributed by atoms with Crippen LogP contribution in [0.15, 0.2) is 27.3 Å². The summed E-state index contributed by atoms with van der Waals surface area (Å²) in [5.41, 5.74) is 1.88. The van der Waals surface area contributed by atoms with E-state index >= 15 is 0 Å². The van der Waals surface area contributed by atoms with Crippen LogP contribution in [0, 0.1) is 0 Å². The smallest absolute Gasteiger partial charge is 0.302 e. The van der Waals surface area contributed by atoms with Crippen molar-refractivity contribution in [2.75, 3.05) is 26.1 Å². The summed E-state index contributed by atoms with van der Waals surface area (Å²) in [4.78, 5) is 48.1. The molecular weight excluding hydrogens is 444 g/mol. The Morgan fingerprint density at radius 2 is 2.23 bits per heavy atom. The molecule has 1 N–H and O–H groups in total. The highest BCUT2D eigenvalue weighted by molar-refractivity contribution is 8.00. The summed E-state index contributed by atoms with van der Waals surface area (Å²) >= 11 is 2.73. The fraction of sp³-hybridized carbons (Fsp3) is 0.526. The number of thioether (sulfide) groups is 1. The molecule has 0 spiro atoms. The first-order chi connectivity index (χ1) is 14.9. The quantitative estimate of drug-likeness (QED) is 0.145. The number of methoxy groups -OCH3 is 1. The molecule has 3 heterocycles. The number of oxime groups is 1. The van der Waals surface area contributed by atoms with Gasteiger partial charge in [0, 0.05) is 30.9 Å². The average Bonchev–Trinajstić information content (AvgIpc) is 3.27. The van der Waals surface area contributed by atoms with Crippen molar-refractivity contribution in [3.63, 3.8) is 0 Å². The number of amides is 2.